The summed E-state index contributed by atoms with van der Waals surface area (Å²) in [6.45, 7) is 0.498. The van der Waals surface area contributed by atoms with E-state index in [1.165, 1.54) is 0 Å². The van der Waals surface area contributed by atoms with Gasteiger partial charge in [-0.25, -0.2) is 4.98 Å². The van der Waals surface area contributed by atoms with E-state index in [1.807, 2.05) is 12.1 Å². The van der Waals surface area contributed by atoms with E-state index >= 15 is 0 Å². The Morgan fingerprint density at radius 1 is 1.21 bits per heavy atom. The molecule has 0 aliphatic heterocycles. The topological polar surface area (TPSA) is 34.1 Å². The van der Waals surface area contributed by atoms with Crippen LogP contribution in [0.5, 0.6) is 5.88 Å². The van der Waals surface area contributed by atoms with Crippen LogP contribution in [0.25, 0.3) is 0 Å². The number of pyridine rings is 1. The first-order valence-electron chi connectivity index (χ1n) is 5.48. The Balaban J connectivity index is 2.19. The fraction of sp³-hybridized carbons (Fsp3) is 0.154. The normalized spacial score (nSPS) is 10.3. The molecule has 0 aliphatic carbocycles. The van der Waals surface area contributed by atoms with Crippen LogP contribution in [-0.4, -0.2) is 12.1 Å². The first-order chi connectivity index (χ1) is 9.11. The van der Waals surface area contributed by atoms with E-state index in [2.05, 4.69) is 10.3 Å². The monoisotopic (exact) mass is 316 g/mol. The van der Waals surface area contributed by atoms with Crippen molar-refractivity contribution in [2.24, 2.45) is 0 Å². The van der Waals surface area contributed by atoms with Crippen molar-refractivity contribution in [2.75, 3.05) is 12.4 Å². The molecule has 1 N–H and O–H groups in total. The summed E-state index contributed by atoms with van der Waals surface area (Å²) in [5, 5.41) is 4.60. The number of halogens is 3. The van der Waals surface area contributed by atoms with Gasteiger partial charge in [0.05, 0.1) is 22.8 Å². The molecule has 3 nitrogen and oxygen atoms in total. The molecular formula is C13H11Cl3N2O. The van der Waals surface area contributed by atoms with Gasteiger partial charge in [-0.15, -0.1) is 0 Å². The Kier molecular flexibility index (Phi) is 4.75. The molecule has 100 valence electrons. The van der Waals surface area contributed by atoms with Gasteiger partial charge in [-0.2, -0.15) is 0 Å². The van der Waals surface area contributed by atoms with Crippen molar-refractivity contribution in [3.63, 3.8) is 0 Å². The number of benzene rings is 1. The number of aromatic nitrogens is 1. The number of nitrogens with zero attached hydrogens (tertiary/aromatic N) is 1. The molecule has 2 rings (SSSR count). The average molecular weight is 318 g/mol. The minimum atomic E-state index is 0.473. The lowest BCUT2D eigenvalue weighted by Crippen LogP contribution is -2.03. The molecule has 0 amide bonds. The lowest BCUT2D eigenvalue weighted by atomic mass is 10.2. The molecule has 0 radical (unpaired) electrons. The van der Waals surface area contributed by atoms with Crippen LogP contribution in [0, 0.1) is 0 Å². The largest absolute Gasteiger partial charge is 0.481 e. The second-order valence-electron chi connectivity index (χ2n) is 3.77. The number of methoxy groups -OCH3 is 1. The van der Waals surface area contributed by atoms with Gasteiger partial charge >= 0.3 is 0 Å². The van der Waals surface area contributed by atoms with Gasteiger partial charge in [-0.05, 0) is 18.2 Å². The molecule has 19 heavy (non-hydrogen) atoms. The maximum Gasteiger partial charge on any atom is 0.218 e. The summed E-state index contributed by atoms with van der Waals surface area (Å²) in [7, 11) is 1.58. The highest BCUT2D eigenvalue weighted by atomic mass is 35.5. The summed E-state index contributed by atoms with van der Waals surface area (Å²) >= 11 is 18.1. The molecule has 1 heterocycles. The van der Waals surface area contributed by atoms with E-state index in [0.29, 0.717) is 33.2 Å². The van der Waals surface area contributed by atoms with Crippen LogP contribution in [0.3, 0.4) is 0 Å². The van der Waals surface area contributed by atoms with Gasteiger partial charge in [0.2, 0.25) is 5.88 Å². The number of hydrogen-bond acceptors (Lipinski definition) is 3. The van der Waals surface area contributed by atoms with E-state index in [0.717, 1.165) is 5.56 Å². The Morgan fingerprint density at radius 3 is 2.53 bits per heavy atom. The number of hydrogen-bond donors (Lipinski definition) is 1. The highest BCUT2D eigenvalue weighted by molar-refractivity contribution is 6.41. The number of anilines is 1. The van der Waals surface area contributed by atoms with Crippen LogP contribution >= 0.6 is 34.8 Å². The van der Waals surface area contributed by atoms with Crippen LogP contribution in [0.15, 0.2) is 30.5 Å². The third kappa shape index (κ3) is 3.44. The van der Waals surface area contributed by atoms with Crippen molar-refractivity contribution in [3.8, 4) is 5.88 Å². The highest BCUT2D eigenvalue weighted by Crippen LogP contribution is 2.34. The van der Waals surface area contributed by atoms with Crippen LogP contribution in [0.1, 0.15) is 5.56 Å². The minimum absolute atomic E-state index is 0.473. The maximum absolute atomic E-state index is 6.10. The molecule has 0 spiro atoms. The first-order valence-corrected chi connectivity index (χ1v) is 6.61. The molecule has 0 bridgehead atoms. The van der Waals surface area contributed by atoms with Crippen LogP contribution < -0.4 is 10.1 Å². The SMILES string of the molecule is COc1ncccc1CNc1c(Cl)cc(Cl)cc1Cl. The maximum atomic E-state index is 6.10. The van der Waals surface area contributed by atoms with Crippen molar-refractivity contribution in [1.29, 1.82) is 0 Å². The smallest absolute Gasteiger partial charge is 0.218 e. The third-order valence-electron chi connectivity index (χ3n) is 2.51. The molecule has 6 heteroatoms. The Labute approximate surface area is 126 Å². The summed E-state index contributed by atoms with van der Waals surface area (Å²) < 4.78 is 5.18. The van der Waals surface area contributed by atoms with Gasteiger partial charge in [-0.1, -0.05) is 40.9 Å². The van der Waals surface area contributed by atoms with E-state index in [4.69, 9.17) is 39.5 Å². The molecular weight excluding hydrogens is 307 g/mol. The zero-order chi connectivity index (χ0) is 13.8. The van der Waals surface area contributed by atoms with E-state index in [9.17, 15) is 0 Å². The minimum Gasteiger partial charge on any atom is -0.481 e. The van der Waals surface area contributed by atoms with Gasteiger partial charge < -0.3 is 10.1 Å². The Hall–Kier alpha value is -1.16. The van der Waals surface area contributed by atoms with Crippen LogP contribution in [0.2, 0.25) is 15.1 Å². The Bertz CT molecular complexity index is 567. The molecule has 0 unspecified atom stereocenters. The molecule has 1 aromatic carbocycles. The summed E-state index contributed by atoms with van der Waals surface area (Å²) in [6.07, 6.45) is 1.67. The summed E-state index contributed by atoms with van der Waals surface area (Å²) in [4.78, 5) is 4.12. The van der Waals surface area contributed by atoms with Gasteiger partial charge in [-0.3, -0.25) is 0 Å². The average Bonchev–Trinajstić information content (AvgIpc) is 2.38. The second-order valence-corrected chi connectivity index (χ2v) is 5.02. The van der Waals surface area contributed by atoms with E-state index < -0.39 is 0 Å². The van der Waals surface area contributed by atoms with E-state index in [1.54, 1.807) is 25.4 Å². The molecule has 0 saturated carbocycles. The van der Waals surface area contributed by atoms with Gasteiger partial charge in [0.1, 0.15) is 0 Å². The highest BCUT2D eigenvalue weighted by Gasteiger charge is 2.09. The quantitative estimate of drug-likeness (QED) is 0.890. The Morgan fingerprint density at radius 2 is 1.89 bits per heavy atom. The van der Waals surface area contributed by atoms with E-state index in [-0.39, 0.29) is 0 Å². The standard InChI is InChI=1S/C13H11Cl3N2O/c1-19-13-8(3-2-4-17-13)7-18-12-10(15)5-9(14)6-11(12)16/h2-6,18H,7H2,1H3. The molecule has 0 fully saturated rings. The van der Waals surface area contributed by atoms with Gasteiger partial charge in [0.15, 0.2) is 0 Å². The van der Waals surface area contributed by atoms with Gasteiger partial charge in [0.25, 0.3) is 0 Å². The molecule has 1 aromatic heterocycles. The second kappa shape index (κ2) is 6.33. The number of ether oxygens (including phenoxy) is 1. The lowest BCUT2D eigenvalue weighted by Gasteiger charge is -2.12. The predicted molar refractivity (Wildman–Crippen MR) is 79.6 cm³/mol. The van der Waals surface area contributed by atoms with Crippen molar-refractivity contribution >= 4 is 40.5 Å². The van der Waals surface area contributed by atoms with Gasteiger partial charge in [0, 0.05) is 23.3 Å². The molecule has 0 aliphatic rings. The number of rotatable bonds is 4. The number of nitrogens with one attached hydrogen (secondary N) is 1. The van der Waals surface area contributed by atoms with Crippen LogP contribution in [0.4, 0.5) is 5.69 Å². The van der Waals surface area contributed by atoms with Crippen molar-refractivity contribution in [1.82, 2.24) is 4.98 Å². The molecule has 0 atom stereocenters. The summed E-state index contributed by atoms with van der Waals surface area (Å²) in [5.74, 6) is 0.566. The zero-order valence-electron chi connectivity index (χ0n) is 10.1. The zero-order valence-corrected chi connectivity index (χ0v) is 12.4. The summed E-state index contributed by atoms with van der Waals surface area (Å²) in [5.41, 5.74) is 1.55. The van der Waals surface area contributed by atoms with Crippen molar-refractivity contribution in [2.45, 2.75) is 6.54 Å². The lowest BCUT2D eigenvalue weighted by molar-refractivity contribution is 0.393. The third-order valence-corrected chi connectivity index (χ3v) is 3.32. The predicted octanol–water partition coefficient (Wildman–Crippen LogP) is 4.66. The molecule has 2 aromatic rings. The van der Waals surface area contributed by atoms with Crippen molar-refractivity contribution in [3.05, 3.63) is 51.1 Å². The summed E-state index contributed by atoms with van der Waals surface area (Å²) in [6, 6.07) is 7.02. The molecule has 0 saturated heterocycles. The fourth-order valence-corrected chi connectivity index (χ4v) is 2.59. The fourth-order valence-electron chi connectivity index (χ4n) is 1.64. The van der Waals surface area contributed by atoms with Crippen LogP contribution in [-0.2, 0) is 6.54 Å². The van der Waals surface area contributed by atoms with Crippen molar-refractivity contribution < 1.29 is 4.74 Å². The first kappa shape index (κ1) is 14.3.